The standard InChI is InChI=1S/C34H28N6O3/c1-22-35-29-12-8-7-11-28(29)33(42)40(22)37-32(41)25-15-19-27(20-16-25)39-31(24-9-5-4-6-10-24)36-30(34(39)43)21-23-13-17-26(18-14-23)38(2)3/h4-21H,1-3H3,(H,37,41)/b30-21-. The molecule has 43 heavy (non-hydrogen) atoms. The monoisotopic (exact) mass is 568 g/mol. The number of amides is 2. The topological polar surface area (TPSA) is 99.9 Å². The Kier molecular flexibility index (Phi) is 7.13. The van der Waals surface area contributed by atoms with Gasteiger partial charge in [-0.2, -0.15) is 0 Å². The Balaban J connectivity index is 1.30. The normalized spacial score (nSPS) is 13.8. The van der Waals surface area contributed by atoms with Gasteiger partial charge in [0.25, 0.3) is 17.4 Å². The van der Waals surface area contributed by atoms with Gasteiger partial charge in [0.05, 0.1) is 16.6 Å². The average Bonchev–Trinajstić information content (AvgIpc) is 3.35. The zero-order chi connectivity index (χ0) is 30.1. The van der Waals surface area contributed by atoms with E-state index in [2.05, 4.69) is 10.4 Å². The highest BCUT2D eigenvalue weighted by molar-refractivity contribution is 6.33. The van der Waals surface area contributed by atoms with Crippen molar-refractivity contribution in [3.63, 3.8) is 0 Å². The number of aryl methyl sites for hydroxylation is 1. The van der Waals surface area contributed by atoms with Crippen molar-refractivity contribution >= 4 is 46.0 Å². The fourth-order valence-corrected chi connectivity index (χ4v) is 4.87. The number of anilines is 2. The highest BCUT2D eigenvalue weighted by Crippen LogP contribution is 2.28. The highest BCUT2D eigenvalue weighted by atomic mass is 16.2. The molecule has 6 rings (SSSR count). The Hall–Kier alpha value is -5.83. The van der Waals surface area contributed by atoms with E-state index in [9.17, 15) is 14.4 Å². The third-order valence-electron chi connectivity index (χ3n) is 7.15. The summed E-state index contributed by atoms with van der Waals surface area (Å²) in [4.78, 5) is 52.6. The van der Waals surface area contributed by atoms with E-state index in [1.54, 1.807) is 66.4 Å². The van der Waals surface area contributed by atoms with Crippen LogP contribution in [-0.2, 0) is 4.79 Å². The summed E-state index contributed by atoms with van der Waals surface area (Å²) < 4.78 is 1.14. The Labute approximate surface area is 248 Å². The second-order valence-corrected chi connectivity index (χ2v) is 10.3. The molecule has 2 amide bonds. The Morgan fingerprint density at radius 1 is 0.837 bits per heavy atom. The van der Waals surface area contributed by atoms with Crippen molar-refractivity contribution in [1.82, 2.24) is 9.66 Å². The molecular weight excluding hydrogens is 540 g/mol. The van der Waals surface area contributed by atoms with Crippen LogP contribution in [0.4, 0.5) is 11.4 Å². The van der Waals surface area contributed by atoms with E-state index in [1.807, 2.05) is 73.6 Å². The molecule has 0 unspecified atom stereocenters. The fraction of sp³-hybridized carbons (Fsp3) is 0.0882. The van der Waals surface area contributed by atoms with Gasteiger partial charge in [-0.05, 0) is 67.1 Å². The molecule has 9 heteroatoms. The van der Waals surface area contributed by atoms with Crippen molar-refractivity contribution in [3.8, 4) is 0 Å². The van der Waals surface area contributed by atoms with Crippen LogP contribution in [0.3, 0.4) is 0 Å². The minimum Gasteiger partial charge on any atom is -0.378 e. The molecule has 4 aromatic carbocycles. The first kappa shape index (κ1) is 27.3. The number of aromatic nitrogens is 2. The summed E-state index contributed by atoms with van der Waals surface area (Å²) in [6, 6.07) is 30.9. The Morgan fingerprint density at radius 2 is 1.51 bits per heavy atom. The van der Waals surface area contributed by atoms with E-state index in [4.69, 9.17) is 4.99 Å². The summed E-state index contributed by atoms with van der Waals surface area (Å²) in [6.45, 7) is 1.66. The molecule has 1 aliphatic rings. The molecule has 1 aromatic heterocycles. The highest BCUT2D eigenvalue weighted by Gasteiger charge is 2.32. The molecule has 0 saturated heterocycles. The first-order valence-corrected chi connectivity index (χ1v) is 13.7. The maximum absolute atomic E-state index is 13.7. The fourth-order valence-electron chi connectivity index (χ4n) is 4.87. The summed E-state index contributed by atoms with van der Waals surface area (Å²) >= 11 is 0. The lowest BCUT2D eigenvalue weighted by atomic mass is 10.1. The van der Waals surface area contributed by atoms with Crippen LogP contribution < -0.4 is 20.8 Å². The quantitative estimate of drug-likeness (QED) is 0.291. The number of amidine groups is 1. The summed E-state index contributed by atoms with van der Waals surface area (Å²) in [5.41, 5.74) is 6.70. The van der Waals surface area contributed by atoms with E-state index < -0.39 is 5.91 Å². The number of carbonyl (C=O) groups excluding carboxylic acids is 2. The first-order valence-electron chi connectivity index (χ1n) is 13.7. The van der Waals surface area contributed by atoms with Crippen molar-refractivity contribution < 1.29 is 9.59 Å². The number of carbonyl (C=O) groups is 2. The minimum absolute atomic E-state index is 0.280. The number of fused-ring (bicyclic) bond motifs is 1. The molecule has 1 aliphatic heterocycles. The predicted octanol–water partition coefficient (Wildman–Crippen LogP) is 4.99. The molecule has 0 atom stereocenters. The maximum Gasteiger partial charge on any atom is 0.282 e. The van der Waals surface area contributed by atoms with Crippen LogP contribution in [0.2, 0.25) is 0 Å². The number of nitrogens with one attached hydrogen (secondary N) is 1. The number of para-hydroxylation sites is 1. The lowest BCUT2D eigenvalue weighted by Crippen LogP contribution is -2.35. The second kappa shape index (κ2) is 11.2. The number of hydrogen-bond donors (Lipinski definition) is 1. The van der Waals surface area contributed by atoms with Crippen molar-refractivity contribution in [3.05, 3.63) is 142 Å². The van der Waals surface area contributed by atoms with Crippen molar-refractivity contribution in [1.29, 1.82) is 0 Å². The predicted molar refractivity (Wildman–Crippen MR) is 170 cm³/mol. The van der Waals surface area contributed by atoms with E-state index >= 15 is 0 Å². The summed E-state index contributed by atoms with van der Waals surface area (Å²) in [6.07, 6.45) is 1.77. The van der Waals surface area contributed by atoms with Gasteiger partial charge >= 0.3 is 0 Å². The van der Waals surface area contributed by atoms with E-state index in [1.165, 1.54) is 0 Å². The summed E-state index contributed by atoms with van der Waals surface area (Å²) in [5.74, 6) is 0.0801. The van der Waals surface area contributed by atoms with Gasteiger partial charge in [0, 0.05) is 30.9 Å². The van der Waals surface area contributed by atoms with Crippen LogP contribution in [0.25, 0.3) is 17.0 Å². The van der Waals surface area contributed by atoms with E-state index in [-0.39, 0.29) is 11.5 Å². The van der Waals surface area contributed by atoms with Crippen LogP contribution in [0.1, 0.15) is 27.3 Å². The van der Waals surface area contributed by atoms with Gasteiger partial charge in [-0.1, -0.05) is 54.6 Å². The lowest BCUT2D eigenvalue weighted by Gasteiger charge is -2.19. The third kappa shape index (κ3) is 5.31. The molecule has 0 aliphatic carbocycles. The molecule has 0 spiro atoms. The molecule has 0 saturated carbocycles. The van der Waals surface area contributed by atoms with Crippen molar-refractivity contribution in [2.45, 2.75) is 6.92 Å². The zero-order valence-electron chi connectivity index (χ0n) is 23.9. The average molecular weight is 569 g/mol. The second-order valence-electron chi connectivity index (χ2n) is 10.3. The number of aliphatic imine (C=N–C) groups is 1. The summed E-state index contributed by atoms with van der Waals surface area (Å²) in [5, 5.41) is 0.404. The SMILES string of the molecule is Cc1nc2ccccc2c(=O)n1NC(=O)c1ccc(N2C(=O)/C(=C/c3ccc(N(C)C)cc3)N=C2c2ccccc2)cc1. The molecule has 0 radical (unpaired) electrons. The van der Waals surface area contributed by atoms with Gasteiger partial charge in [0.2, 0.25) is 0 Å². The molecule has 2 heterocycles. The largest absolute Gasteiger partial charge is 0.378 e. The van der Waals surface area contributed by atoms with Gasteiger partial charge in [-0.25, -0.2) is 14.7 Å². The van der Waals surface area contributed by atoms with Crippen LogP contribution >= 0.6 is 0 Å². The number of rotatable bonds is 6. The molecule has 212 valence electrons. The van der Waals surface area contributed by atoms with Gasteiger partial charge < -0.3 is 4.90 Å². The zero-order valence-corrected chi connectivity index (χ0v) is 23.9. The van der Waals surface area contributed by atoms with Crippen LogP contribution in [0.5, 0.6) is 0 Å². The van der Waals surface area contributed by atoms with Crippen LogP contribution in [0.15, 0.2) is 119 Å². The van der Waals surface area contributed by atoms with Gasteiger partial charge in [-0.3, -0.25) is 24.7 Å². The van der Waals surface area contributed by atoms with E-state index in [0.29, 0.717) is 39.5 Å². The number of benzene rings is 4. The van der Waals surface area contributed by atoms with Crippen molar-refractivity contribution in [2.24, 2.45) is 4.99 Å². The molecule has 5 aromatic rings. The van der Waals surface area contributed by atoms with Gasteiger partial charge in [0.15, 0.2) is 0 Å². The van der Waals surface area contributed by atoms with Crippen LogP contribution in [0, 0.1) is 6.92 Å². The third-order valence-corrected chi connectivity index (χ3v) is 7.15. The Morgan fingerprint density at radius 3 is 2.21 bits per heavy atom. The lowest BCUT2D eigenvalue weighted by molar-refractivity contribution is -0.113. The van der Waals surface area contributed by atoms with Gasteiger partial charge in [-0.15, -0.1) is 0 Å². The molecule has 0 bridgehead atoms. The van der Waals surface area contributed by atoms with Crippen molar-refractivity contribution in [2.75, 3.05) is 29.3 Å². The smallest absolute Gasteiger partial charge is 0.282 e. The Bertz CT molecular complexity index is 1980. The van der Waals surface area contributed by atoms with E-state index in [0.717, 1.165) is 21.5 Å². The molecule has 9 nitrogen and oxygen atoms in total. The summed E-state index contributed by atoms with van der Waals surface area (Å²) in [7, 11) is 3.94. The number of nitrogens with zero attached hydrogens (tertiary/aromatic N) is 5. The van der Waals surface area contributed by atoms with Crippen LogP contribution in [-0.4, -0.2) is 41.4 Å². The molecule has 0 fully saturated rings. The van der Waals surface area contributed by atoms with Gasteiger partial charge in [0.1, 0.15) is 17.4 Å². The number of hydrogen-bond acceptors (Lipinski definition) is 6. The molecule has 1 N–H and O–H groups in total. The molecular formula is C34H28N6O3. The minimum atomic E-state index is -0.486. The first-order chi connectivity index (χ1) is 20.8. The maximum atomic E-state index is 13.7.